The van der Waals surface area contributed by atoms with Gasteiger partial charge < -0.3 is 15.6 Å². The molecule has 0 saturated heterocycles. The highest BCUT2D eigenvalue weighted by Gasteiger charge is 2.37. The van der Waals surface area contributed by atoms with Gasteiger partial charge in [-0.15, -0.1) is 0 Å². The van der Waals surface area contributed by atoms with Gasteiger partial charge >= 0.3 is 0 Å². The molecule has 0 aliphatic carbocycles. The van der Waals surface area contributed by atoms with Crippen molar-refractivity contribution in [1.29, 1.82) is 0 Å². The summed E-state index contributed by atoms with van der Waals surface area (Å²) in [6.45, 7) is 9.32. The van der Waals surface area contributed by atoms with E-state index in [0.29, 0.717) is 18.4 Å². The summed E-state index contributed by atoms with van der Waals surface area (Å²) < 4.78 is 6.34. The predicted octanol–water partition coefficient (Wildman–Crippen LogP) is 6.29. The van der Waals surface area contributed by atoms with E-state index >= 15 is 0 Å². The molecule has 0 spiro atoms. The molecule has 170 valence electrons. The lowest BCUT2D eigenvalue weighted by molar-refractivity contribution is 0.198. The zero-order chi connectivity index (χ0) is 23.1. The van der Waals surface area contributed by atoms with Gasteiger partial charge in [0.2, 0.25) is 0 Å². The molecule has 0 heterocycles. The summed E-state index contributed by atoms with van der Waals surface area (Å²) >= 11 is 0. The van der Waals surface area contributed by atoms with Gasteiger partial charge in [-0.3, -0.25) is 0 Å². The summed E-state index contributed by atoms with van der Waals surface area (Å²) in [4.78, 5) is 0. The van der Waals surface area contributed by atoms with E-state index in [9.17, 15) is 5.11 Å². The molecule has 0 radical (unpaired) electrons. The summed E-state index contributed by atoms with van der Waals surface area (Å²) in [6, 6.07) is 26.7. The number of aliphatic hydroxyl groups is 1. The Morgan fingerprint density at radius 3 is 1.97 bits per heavy atom. The molecule has 3 heteroatoms. The first-order valence-electron chi connectivity index (χ1n) is 11.6. The van der Waals surface area contributed by atoms with E-state index in [0.717, 1.165) is 28.9 Å². The first-order valence-corrected chi connectivity index (χ1v) is 11.6. The number of aliphatic hydroxyl groups excluding tert-OH is 1. The van der Waals surface area contributed by atoms with E-state index in [2.05, 4.69) is 70.2 Å². The van der Waals surface area contributed by atoms with Crippen molar-refractivity contribution in [2.24, 2.45) is 17.6 Å². The summed E-state index contributed by atoms with van der Waals surface area (Å²) in [7, 11) is 0. The number of hydrogen-bond acceptors (Lipinski definition) is 3. The van der Waals surface area contributed by atoms with Gasteiger partial charge in [0, 0.05) is 17.0 Å². The number of nitrogens with two attached hydrogens (primary N) is 1. The molecule has 1 atom stereocenters. The lowest BCUT2D eigenvalue weighted by Gasteiger charge is -2.41. The summed E-state index contributed by atoms with van der Waals surface area (Å²) in [5.74, 6) is 1.55. The number of benzene rings is 3. The topological polar surface area (TPSA) is 55.5 Å². The molecule has 3 aromatic carbocycles. The van der Waals surface area contributed by atoms with E-state index in [1.54, 1.807) is 0 Å². The van der Waals surface area contributed by atoms with Gasteiger partial charge in [-0.1, -0.05) is 94.4 Å². The van der Waals surface area contributed by atoms with Gasteiger partial charge in [-0.05, 0) is 47.1 Å². The fourth-order valence-corrected chi connectivity index (χ4v) is 4.42. The van der Waals surface area contributed by atoms with Crippen LogP contribution in [0.25, 0.3) is 0 Å². The highest BCUT2D eigenvalue weighted by molar-refractivity contribution is 5.45. The van der Waals surface area contributed by atoms with E-state index < -0.39 is 0 Å². The molecule has 3 aromatic rings. The van der Waals surface area contributed by atoms with Gasteiger partial charge in [0.05, 0.1) is 6.61 Å². The molecule has 0 fully saturated rings. The molecule has 0 aliphatic rings. The molecule has 3 N–H and O–H groups in total. The van der Waals surface area contributed by atoms with Crippen molar-refractivity contribution in [1.82, 2.24) is 0 Å². The summed E-state index contributed by atoms with van der Waals surface area (Å²) in [6.07, 6.45) is 0.795. The second kappa shape index (κ2) is 10.8. The fourth-order valence-electron chi connectivity index (χ4n) is 4.42. The maximum atomic E-state index is 9.86. The Hall–Kier alpha value is -2.62. The molecule has 0 bridgehead atoms. The van der Waals surface area contributed by atoms with Crippen molar-refractivity contribution >= 4 is 0 Å². The first kappa shape index (κ1) is 24.0. The minimum Gasteiger partial charge on any atom is -0.489 e. The van der Waals surface area contributed by atoms with Crippen molar-refractivity contribution in [2.45, 2.75) is 58.8 Å². The lowest BCUT2D eigenvalue weighted by Crippen LogP contribution is -2.51. The average molecular weight is 432 g/mol. The van der Waals surface area contributed by atoms with E-state index in [1.807, 2.05) is 36.4 Å². The second-order valence-electron chi connectivity index (χ2n) is 9.39. The Kier molecular flexibility index (Phi) is 8.11. The number of ether oxygens (including phenoxy) is 1. The third-order valence-electron chi connectivity index (χ3n) is 6.78. The molecule has 1 unspecified atom stereocenters. The number of rotatable bonds is 10. The maximum absolute atomic E-state index is 9.86. The van der Waals surface area contributed by atoms with Gasteiger partial charge in [0.1, 0.15) is 12.4 Å². The monoisotopic (exact) mass is 431 g/mol. The highest BCUT2D eigenvalue weighted by Crippen LogP contribution is 2.42. The third-order valence-corrected chi connectivity index (χ3v) is 6.78. The number of hydrogen-bond donors (Lipinski definition) is 2. The zero-order valence-corrected chi connectivity index (χ0v) is 19.8. The molecule has 3 nitrogen and oxygen atoms in total. The SMILES string of the molecule is CC(C)C(N)(CC(c1ccccc1)c1cc(CO)ccc1OCc1ccccc1)C(C)C. The molecule has 0 saturated carbocycles. The van der Waals surface area contributed by atoms with Gasteiger partial charge in [0.15, 0.2) is 0 Å². The van der Waals surface area contributed by atoms with Crippen molar-refractivity contribution in [3.8, 4) is 5.75 Å². The standard InChI is InChI=1S/C29H37NO2/c1-21(2)29(30,22(3)4)18-27(25-13-9-6-10-14-25)26-17-24(19-31)15-16-28(26)32-20-23-11-7-5-8-12-23/h5-17,21-22,27,31H,18-20,30H2,1-4H3. The van der Waals surface area contributed by atoms with Gasteiger partial charge in [-0.2, -0.15) is 0 Å². The largest absolute Gasteiger partial charge is 0.489 e. The normalized spacial score (nSPS) is 12.9. The Bertz CT molecular complexity index is 959. The van der Waals surface area contributed by atoms with Crippen LogP contribution >= 0.6 is 0 Å². The van der Waals surface area contributed by atoms with Gasteiger partial charge in [0.25, 0.3) is 0 Å². The molecule has 3 rings (SSSR count). The molecule has 0 aromatic heterocycles. The van der Waals surface area contributed by atoms with E-state index in [-0.39, 0.29) is 18.1 Å². The average Bonchev–Trinajstić information content (AvgIpc) is 2.82. The summed E-state index contributed by atoms with van der Waals surface area (Å²) in [5, 5.41) is 9.86. The molecular formula is C29H37NO2. The Morgan fingerprint density at radius 1 is 0.812 bits per heavy atom. The Balaban J connectivity index is 2.06. The molecular weight excluding hydrogens is 394 g/mol. The van der Waals surface area contributed by atoms with Crippen LogP contribution in [0.5, 0.6) is 5.75 Å². The smallest absolute Gasteiger partial charge is 0.123 e. The van der Waals surface area contributed by atoms with Crippen LogP contribution in [0.2, 0.25) is 0 Å². The quantitative estimate of drug-likeness (QED) is 0.397. The maximum Gasteiger partial charge on any atom is 0.123 e. The van der Waals surface area contributed by atoms with Crippen LogP contribution in [0.4, 0.5) is 0 Å². The summed E-state index contributed by atoms with van der Waals surface area (Å²) in [5.41, 5.74) is 11.0. The van der Waals surface area contributed by atoms with Crippen LogP contribution in [0.15, 0.2) is 78.9 Å². The lowest BCUT2D eigenvalue weighted by atomic mass is 9.69. The molecule has 0 amide bonds. The molecule has 0 aliphatic heterocycles. The molecule has 32 heavy (non-hydrogen) atoms. The predicted molar refractivity (Wildman–Crippen MR) is 133 cm³/mol. The van der Waals surface area contributed by atoms with Crippen LogP contribution in [-0.4, -0.2) is 10.6 Å². The van der Waals surface area contributed by atoms with Crippen LogP contribution in [0.1, 0.15) is 62.3 Å². The minimum atomic E-state index is -0.341. The van der Waals surface area contributed by atoms with Gasteiger partial charge in [-0.25, -0.2) is 0 Å². The Labute approximate surface area is 193 Å². The third kappa shape index (κ3) is 5.59. The van der Waals surface area contributed by atoms with Crippen molar-refractivity contribution < 1.29 is 9.84 Å². The Morgan fingerprint density at radius 2 is 1.41 bits per heavy atom. The highest BCUT2D eigenvalue weighted by atomic mass is 16.5. The van der Waals surface area contributed by atoms with Crippen molar-refractivity contribution in [3.05, 3.63) is 101 Å². The second-order valence-corrected chi connectivity index (χ2v) is 9.39. The van der Waals surface area contributed by atoms with Crippen LogP contribution in [-0.2, 0) is 13.2 Å². The first-order chi connectivity index (χ1) is 15.3. The zero-order valence-electron chi connectivity index (χ0n) is 19.8. The van der Waals surface area contributed by atoms with Crippen molar-refractivity contribution in [2.75, 3.05) is 0 Å². The minimum absolute atomic E-state index is 0.00436. The van der Waals surface area contributed by atoms with Crippen LogP contribution in [0.3, 0.4) is 0 Å². The van der Waals surface area contributed by atoms with E-state index in [4.69, 9.17) is 10.5 Å². The van der Waals surface area contributed by atoms with E-state index in [1.165, 1.54) is 5.56 Å². The van der Waals surface area contributed by atoms with Crippen molar-refractivity contribution in [3.63, 3.8) is 0 Å². The fraction of sp³-hybridized carbons (Fsp3) is 0.379. The van der Waals surface area contributed by atoms with Crippen LogP contribution < -0.4 is 10.5 Å². The van der Waals surface area contributed by atoms with Crippen LogP contribution in [0, 0.1) is 11.8 Å².